The average molecular weight is 184 g/mol. The first kappa shape index (κ1) is 8.70. The summed E-state index contributed by atoms with van der Waals surface area (Å²) >= 11 is 0. The van der Waals surface area contributed by atoms with E-state index in [0.29, 0.717) is 5.56 Å². The van der Waals surface area contributed by atoms with Crippen molar-refractivity contribution in [3.8, 4) is 11.8 Å². The molecule has 0 bridgehead atoms. The number of rotatable bonds is 1. The second-order valence-electron chi connectivity index (χ2n) is 3.18. The molecule has 0 saturated heterocycles. The van der Waals surface area contributed by atoms with Crippen molar-refractivity contribution in [2.45, 2.75) is 0 Å². The fourth-order valence-corrected chi connectivity index (χ4v) is 1.65. The van der Waals surface area contributed by atoms with E-state index < -0.39 is 0 Å². The van der Waals surface area contributed by atoms with Crippen molar-refractivity contribution in [2.75, 3.05) is 7.11 Å². The molecule has 2 aromatic rings. The summed E-state index contributed by atoms with van der Waals surface area (Å²) in [7, 11) is 3.61. The highest BCUT2D eigenvalue weighted by atomic mass is 16.5. The largest absolute Gasteiger partial charge is 0.497 e. The summed E-state index contributed by atoms with van der Waals surface area (Å²) in [6.45, 7) is 0. The Hall–Kier alpha value is -1.89. The van der Waals surface area contributed by atoms with Gasteiger partial charge in [0.1, 0.15) is 19.7 Å². The van der Waals surface area contributed by atoms with Gasteiger partial charge in [-0.2, -0.15) is 5.26 Å². The summed E-state index contributed by atoms with van der Waals surface area (Å²) in [4.78, 5) is 3.05. The molecule has 1 aromatic carbocycles. The predicted molar refractivity (Wildman–Crippen MR) is 57.7 cm³/mol. The number of nitriles is 1. The molecular weight excluding hydrogens is 175 g/mol. The van der Waals surface area contributed by atoms with Gasteiger partial charge < -0.3 is 9.72 Å². The Morgan fingerprint density at radius 3 is 2.93 bits per heavy atom. The third-order valence-electron chi connectivity index (χ3n) is 2.31. The number of aromatic amines is 1. The SMILES string of the molecule is Bc1cc(OC)cc2[nH]cc(C#N)c12. The van der Waals surface area contributed by atoms with Gasteiger partial charge in [-0.15, -0.1) is 0 Å². The van der Waals surface area contributed by atoms with Crippen LogP contribution in [0.5, 0.6) is 5.75 Å². The molecule has 0 aliphatic rings. The van der Waals surface area contributed by atoms with Crippen LogP contribution in [-0.4, -0.2) is 19.9 Å². The quantitative estimate of drug-likeness (QED) is 0.648. The lowest BCUT2D eigenvalue weighted by molar-refractivity contribution is 0.415. The van der Waals surface area contributed by atoms with E-state index in [4.69, 9.17) is 10.00 Å². The summed E-state index contributed by atoms with van der Waals surface area (Å²) in [5, 5.41) is 9.85. The van der Waals surface area contributed by atoms with Gasteiger partial charge in [0.15, 0.2) is 0 Å². The minimum absolute atomic E-state index is 0.681. The van der Waals surface area contributed by atoms with Crippen LogP contribution >= 0.6 is 0 Å². The molecule has 1 aromatic heterocycles. The molecule has 0 unspecified atom stereocenters. The van der Waals surface area contributed by atoms with Gasteiger partial charge in [0, 0.05) is 23.2 Å². The maximum Gasteiger partial charge on any atom is 0.140 e. The Morgan fingerprint density at radius 1 is 1.50 bits per heavy atom. The van der Waals surface area contributed by atoms with Crippen molar-refractivity contribution in [3.63, 3.8) is 0 Å². The number of aromatic nitrogens is 1. The first-order chi connectivity index (χ1) is 6.76. The molecule has 4 heteroatoms. The van der Waals surface area contributed by atoms with E-state index in [2.05, 4.69) is 11.1 Å². The third kappa shape index (κ3) is 1.14. The van der Waals surface area contributed by atoms with Crippen LogP contribution in [0.15, 0.2) is 18.3 Å². The lowest BCUT2D eigenvalue weighted by atomic mass is 9.90. The molecule has 0 fully saturated rings. The van der Waals surface area contributed by atoms with Crippen LogP contribution in [0.4, 0.5) is 0 Å². The van der Waals surface area contributed by atoms with E-state index >= 15 is 0 Å². The Kier molecular flexibility index (Phi) is 1.93. The number of methoxy groups -OCH3 is 1. The van der Waals surface area contributed by atoms with Crippen LogP contribution in [-0.2, 0) is 0 Å². The van der Waals surface area contributed by atoms with Gasteiger partial charge in [-0.05, 0) is 6.07 Å². The minimum Gasteiger partial charge on any atom is -0.497 e. The van der Waals surface area contributed by atoms with Gasteiger partial charge in [0.05, 0.1) is 12.7 Å². The Balaban J connectivity index is 2.80. The Bertz CT molecular complexity index is 525. The smallest absolute Gasteiger partial charge is 0.140 e. The summed E-state index contributed by atoms with van der Waals surface area (Å²) in [5.41, 5.74) is 2.68. The molecule has 2 rings (SSSR count). The van der Waals surface area contributed by atoms with E-state index in [1.165, 1.54) is 0 Å². The van der Waals surface area contributed by atoms with Gasteiger partial charge >= 0.3 is 0 Å². The number of hydrogen-bond acceptors (Lipinski definition) is 2. The monoisotopic (exact) mass is 184 g/mol. The van der Waals surface area contributed by atoms with Crippen LogP contribution in [0.2, 0.25) is 0 Å². The van der Waals surface area contributed by atoms with Gasteiger partial charge in [-0.25, -0.2) is 0 Å². The van der Waals surface area contributed by atoms with Gasteiger partial charge in [0.25, 0.3) is 0 Å². The van der Waals surface area contributed by atoms with Crippen LogP contribution in [0, 0.1) is 11.3 Å². The summed E-state index contributed by atoms with van der Waals surface area (Å²) in [6, 6.07) is 5.98. The van der Waals surface area contributed by atoms with E-state index in [9.17, 15) is 0 Å². The van der Waals surface area contributed by atoms with Gasteiger partial charge in [-0.1, -0.05) is 5.46 Å². The zero-order valence-electron chi connectivity index (χ0n) is 8.09. The molecule has 0 atom stereocenters. The van der Waals surface area contributed by atoms with Crippen molar-refractivity contribution in [1.82, 2.24) is 4.98 Å². The molecule has 3 nitrogen and oxygen atoms in total. The fraction of sp³-hybridized carbons (Fsp3) is 0.100. The third-order valence-corrected chi connectivity index (χ3v) is 2.31. The molecule has 0 saturated carbocycles. The summed E-state index contributed by atoms with van der Waals surface area (Å²) in [5.74, 6) is 0.807. The van der Waals surface area contributed by atoms with E-state index in [1.807, 2.05) is 20.0 Å². The van der Waals surface area contributed by atoms with Crippen LogP contribution < -0.4 is 10.2 Å². The molecule has 1 heterocycles. The van der Waals surface area contributed by atoms with E-state index in [1.54, 1.807) is 13.3 Å². The lowest BCUT2D eigenvalue weighted by Gasteiger charge is -2.02. The number of hydrogen-bond donors (Lipinski definition) is 1. The summed E-state index contributed by atoms with van der Waals surface area (Å²) < 4.78 is 5.14. The van der Waals surface area contributed by atoms with Gasteiger partial charge in [0.2, 0.25) is 0 Å². The maximum absolute atomic E-state index is 8.87. The van der Waals surface area contributed by atoms with E-state index in [-0.39, 0.29) is 0 Å². The minimum atomic E-state index is 0.681. The molecular formula is C10H9BN2O. The number of nitrogens with one attached hydrogen (secondary N) is 1. The Labute approximate surface area is 82.7 Å². The second-order valence-corrected chi connectivity index (χ2v) is 3.18. The average Bonchev–Trinajstić information content (AvgIpc) is 2.61. The number of nitrogens with zero attached hydrogens (tertiary/aromatic N) is 1. The van der Waals surface area contributed by atoms with Crippen molar-refractivity contribution in [3.05, 3.63) is 23.9 Å². The highest BCUT2D eigenvalue weighted by molar-refractivity contribution is 6.39. The summed E-state index contributed by atoms with van der Waals surface area (Å²) in [6.07, 6.45) is 1.72. The second kappa shape index (κ2) is 3.11. The number of benzene rings is 1. The molecule has 0 aliphatic carbocycles. The molecule has 0 radical (unpaired) electrons. The van der Waals surface area contributed by atoms with Crippen molar-refractivity contribution >= 4 is 24.2 Å². The van der Waals surface area contributed by atoms with Crippen LogP contribution in [0.1, 0.15) is 5.56 Å². The van der Waals surface area contributed by atoms with Crippen molar-refractivity contribution in [1.29, 1.82) is 5.26 Å². The molecule has 14 heavy (non-hydrogen) atoms. The zero-order valence-corrected chi connectivity index (χ0v) is 8.09. The first-order valence-corrected chi connectivity index (χ1v) is 4.32. The van der Waals surface area contributed by atoms with Crippen molar-refractivity contribution < 1.29 is 4.74 Å². The van der Waals surface area contributed by atoms with Crippen LogP contribution in [0.25, 0.3) is 10.9 Å². The highest BCUT2D eigenvalue weighted by Crippen LogP contribution is 2.20. The number of ether oxygens (including phenoxy) is 1. The number of fused-ring (bicyclic) bond motifs is 1. The molecule has 0 spiro atoms. The number of H-pyrrole nitrogens is 1. The molecule has 1 N–H and O–H groups in total. The van der Waals surface area contributed by atoms with Crippen molar-refractivity contribution in [2.24, 2.45) is 0 Å². The molecule has 0 amide bonds. The van der Waals surface area contributed by atoms with E-state index in [0.717, 1.165) is 22.1 Å². The molecule has 68 valence electrons. The van der Waals surface area contributed by atoms with Gasteiger partial charge in [-0.3, -0.25) is 0 Å². The standard InChI is InChI=1S/C10H9BN2O/c1-14-7-2-8(11)10-6(4-12)5-13-9(10)3-7/h2-3,5,13H,11H2,1H3. The zero-order chi connectivity index (χ0) is 10.1. The fourth-order valence-electron chi connectivity index (χ4n) is 1.65. The lowest BCUT2D eigenvalue weighted by Crippen LogP contribution is -2.04. The predicted octanol–water partition coefficient (Wildman–Crippen LogP) is 0.307. The van der Waals surface area contributed by atoms with Crippen LogP contribution in [0.3, 0.4) is 0 Å². The highest BCUT2D eigenvalue weighted by Gasteiger charge is 2.07. The maximum atomic E-state index is 8.87. The normalized spacial score (nSPS) is 10.0. The molecule has 0 aliphatic heterocycles. The topological polar surface area (TPSA) is 48.8 Å². The first-order valence-electron chi connectivity index (χ1n) is 4.32. The Morgan fingerprint density at radius 2 is 2.29 bits per heavy atom.